The SMILES string of the molecule is CCN(CC)c1ccc2cc(-c3cccc4c(-c5cc6ccc7ccccc7c6oc5=O)cccc34)c(=O)oc2c1. The highest BCUT2D eigenvalue weighted by Crippen LogP contribution is 2.35. The molecule has 41 heavy (non-hydrogen) atoms. The summed E-state index contributed by atoms with van der Waals surface area (Å²) in [5, 5.41) is 5.34. The first-order valence-corrected chi connectivity index (χ1v) is 13.9. The summed E-state index contributed by atoms with van der Waals surface area (Å²) in [6, 6.07) is 33.2. The smallest absolute Gasteiger partial charge is 0.344 e. The van der Waals surface area contributed by atoms with Crippen molar-refractivity contribution >= 4 is 49.2 Å². The molecule has 5 aromatic carbocycles. The zero-order valence-corrected chi connectivity index (χ0v) is 22.8. The average Bonchev–Trinajstić information content (AvgIpc) is 3.00. The summed E-state index contributed by atoms with van der Waals surface area (Å²) in [6.45, 7) is 5.95. The van der Waals surface area contributed by atoms with Crippen LogP contribution in [0.3, 0.4) is 0 Å². The maximum atomic E-state index is 13.4. The Hall–Kier alpha value is -5.16. The van der Waals surface area contributed by atoms with Gasteiger partial charge in [-0.1, -0.05) is 72.8 Å². The first kappa shape index (κ1) is 24.9. The van der Waals surface area contributed by atoms with Crippen molar-refractivity contribution in [1.82, 2.24) is 0 Å². The molecule has 0 aliphatic heterocycles. The molecule has 7 aromatic rings. The summed E-state index contributed by atoms with van der Waals surface area (Å²) < 4.78 is 11.8. The number of fused-ring (bicyclic) bond motifs is 5. The number of anilines is 1. The van der Waals surface area contributed by atoms with Crippen molar-refractivity contribution in [2.75, 3.05) is 18.0 Å². The number of hydrogen-bond acceptors (Lipinski definition) is 5. The van der Waals surface area contributed by atoms with Crippen LogP contribution in [0.5, 0.6) is 0 Å². The van der Waals surface area contributed by atoms with Crippen LogP contribution in [0.2, 0.25) is 0 Å². The Morgan fingerprint density at radius 3 is 1.83 bits per heavy atom. The van der Waals surface area contributed by atoms with Gasteiger partial charge < -0.3 is 13.7 Å². The Kier molecular flexibility index (Phi) is 5.93. The summed E-state index contributed by atoms with van der Waals surface area (Å²) in [5.41, 5.74) is 3.82. The first-order valence-electron chi connectivity index (χ1n) is 13.9. The third kappa shape index (κ3) is 4.09. The van der Waals surface area contributed by atoms with Gasteiger partial charge in [-0.05, 0) is 65.4 Å². The van der Waals surface area contributed by atoms with Crippen LogP contribution in [-0.4, -0.2) is 13.1 Å². The van der Waals surface area contributed by atoms with Gasteiger partial charge in [-0.15, -0.1) is 0 Å². The molecule has 200 valence electrons. The maximum absolute atomic E-state index is 13.4. The minimum atomic E-state index is -0.402. The molecule has 0 atom stereocenters. The molecule has 0 amide bonds. The lowest BCUT2D eigenvalue weighted by atomic mass is 9.93. The predicted octanol–water partition coefficient (Wildman–Crippen LogP) is 8.39. The Morgan fingerprint density at radius 2 is 1.12 bits per heavy atom. The van der Waals surface area contributed by atoms with Crippen molar-refractivity contribution in [2.24, 2.45) is 0 Å². The fraction of sp³-hybridized carbons (Fsp3) is 0.111. The number of hydrogen-bond donors (Lipinski definition) is 0. The molecule has 0 bridgehead atoms. The molecule has 0 spiro atoms. The molecule has 0 fully saturated rings. The summed E-state index contributed by atoms with van der Waals surface area (Å²) in [6.07, 6.45) is 0. The normalized spacial score (nSPS) is 11.6. The van der Waals surface area contributed by atoms with E-state index in [0.29, 0.717) is 22.3 Å². The van der Waals surface area contributed by atoms with Crippen LogP contribution >= 0.6 is 0 Å². The summed E-state index contributed by atoms with van der Waals surface area (Å²) in [4.78, 5) is 28.9. The second-order valence-electron chi connectivity index (χ2n) is 10.2. The van der Waals surface area contributed by atoms with Gasteiger partial charge in [0.1, 0.15) is 11.2 Å². The van der Waals surface area contributed by atoms with Crippen molar-refractivity contribution in [2.45, 2.75) is 13.8 Å². The van der Waals surface area contributed by atoms with Crippen molar-refractivity contribution in [1.29, 1.82) is 0 Å². The Labute approximate surface area is 235 Å². The number of rotatable bonds is 5. The van der Waals surface area contributed by atoms with Crippen LogP contribution in [0.15, 0.2) is 122 Å². The van der Waals surface area contributed by atoms with Crippen LogP contribution in [0.1, 0.15) is 13.8 Å². The van der Waals surface area contributed by atoms with E-state index in [-0.39, 0.29) is 0 Å². The number of benzene rings is 5. The monoisotopic (exact) mass is 537 g/mol. The maximum Gasteiger partial charge on any atom is 0.344 e. The molecule has 0 unspecified atom stereocenters. The van der Waals surface area contributed by atoms with Gasteiger partial charge in [-0.25, -0.2) is 9.59 Å². The van der Waals surface area contributed by atoms with E-state index in [9.17, 15) is 9.59 Å². The zero-order chi connectivity index (χ0) is 28.1. The Morgan fingerprint density at radius 1 is 0.537 bits per heavy atom. The second kappa shape index (κ2) is 9.79. The van der Waals surface area contributed by atoms with E-state index in [1.807, 2.05) is 97.1 Å². The van der Waals surface area contributed by atoms with Gasteiger partial charge in [-0.3, -0.25) is 0 Å². The molecule has 0 N–H and O–H groups in total. The van der Waals surface area contributed by atoms with E-state index in [2.05, 4.69) is 24.8 Å². The van der Waals surface area contributed by atoms with Gasteiger partial charge in [-0.2, -0.15) is 0 Å². The van der Waals surface area contributed by atoms with E-state index < -0.39 is 11.3 Å². The van der Waals surface area contributed by atoms with Crippen LogP contribution < -0.4 is 16.2 Å². The lowest BCUT2D eigenvalue weighted by Gasteiger charge is -2.21. The third-order valence-corrected chi connectivity index (χ3v) is 7.98. The standard InChI is InChI=1S/C36H27NO4/c1-3-37(4-2)25-18-17-23-19-31(35(38)40-33(23)21-25)29-13-7-12-28-27(29)11-8-14-30(28)32-20-24-16-15-22-9-5-6-10-26(22)34(24)41-36(32)39/h5-21H,3-4H2,1-2H3. The Balaban J connectivity index is 1.40. The molecule has 7 rings (SSSR count). The van der Waals surface area contributed by atoms with Crippen LogP contribution in [0.4, 0.5) is 5.69 Å². The molecule has 0 saturated heterocycles. The van der Waals surface area contributed by atoms with Gasteiger partial charge in [0, 0.05) is 41.0 Å². The molecular formula is C36H27NO4. The van der Waals surface area contributed by atoms with Gasteiger partial charge in [0.05, 0.1) is 11.1 Å². The highest BCUT2D eigenvalue weighted by Gasteiger charge is 2.17. The molecule has 2 heterocycles. The van der Waals surface area contributed by atoms with Crippen LogP contribution in [0, 0.1) is 0 Å². The fourth-order valence-electron chi connectivity index (χ4n) is 5.89. The van der Waals surface area contributed by atoms with Crippen molar-refractivity contribution in [3.63, 3.8) is 0 Å². The van der Waals surface area contributed by atoms with Gasteiger partial charge >= 0.3 is 11.3 Å². The van der Waals surface area contributed by atoms with Gasteiger partial charge in [0.15, 0.2) is 0 Å². The highest BCUT2D eigenvalue weighted by molar-refractivity contribution is 6.08. The Bertz CT molecular complexity index is 2240. The van der Waals surface area contributed by atoms with Crippen molar-refractivity contribution in [3.05, 3.63) is 124 Å². The second-order valence-corrected chi connectivity index (χ2v) is 10.2. The summed E-state index contributed by atoms with van der Waals surface area (Å²) >= 11 is 0. The predicted molar refractivity (Wildman–Crippen MR) is 168 cm³/mol. The molecular weight excluding hydrogens is 510 g/mol. The highest BCUT2D eigenvalue weighted by atomic mass is 16.4. The first-order chi connectivity index (χ1) is 20.1. The largest absolute Gasteiger partial charge is 0.422 e. The summed E-state index contributed by atoms with van der Waals surface area (Å²) in [5.74, 6) is 0. The molecule has 0 saturated carbocycles. The molecule has 5 nitrogen and oxygen atoms in total. The van der Waals surface area contributed by atoms with Gasteiger partial charge in [0.2, 0.25) is 0 Å². The van der Waals surface area contributed by atoms with E-state index in [1.165, 1.54) is 0 Å². The number of nitrogens with zero attached hydrogens (tertiary/aromatic N) is 1. The molecule has 0 aliphatic carbocycles. The third-order valence-electron chi connectivity index (χ3n) is 7.98. The minimum Gasteiger partial charge on any atom is -0.422 e. The molecule has 0 radical (unpaired) electrons. The van der Waals surface area contributed by atoms with E-state index >= 15 is 0 Å². The summed E-state index contributed by atoms with van der Waals surface area (Å²) in [7, 11) is 0. The zero-order valence-electron chi connectivity index (χ0n) is 22.8. The van der Waals surface area contributed by atoms with Crippen molar-refractivity contribution in [3.8, 4) is 22.3 Å². The van der Waals surface area contributed by atoms with E-state index in [0.717, 1.165) is 62.2 Å². The molecule has 5 heteroatoms. The van der Waals surface area contributed by atoms with Gasteiger partial charge in [0.25, 0.3) is 0 Å². The topological polar surface area (TPSA) is 63.7 Å². The van der Waals surface area contributed by atoms with Crippen LogP contribution in [0.25, 0.3) is 65.7 Å². The lowest BCUT2D eigenvalue weighted by molar-refractivity contribution is 0.563. The lowest BCUT2D eigenvalue weighted by Crippen LogP contribution is -2.21. The minimum absolute atomic E-state index is 0.399. The van der Waals surface area contributed by atoms with E-state index in [4.69, 9.17) is 8.83 Å². The average molecular weight is 538 g/mol. The molecule has 2 aromatic heterocycles. The van der Waals surface area contributed by atoms with E-state index in [1.54, 1.807) is 0 Å². The van der Waals surface area contributed by atoms with Crippen LogP contribution in [-0.2, 0) is 0 Å². The van der Waals surface area contributed by atoms with Crippen molar-refractivity contribution < 1.29 is 8.83 Å². The quantitative estimate of drug-likeness (QED) is 0.163. The fourth-order valence-corrected chi connectivity index (χ4v) is 5.89. The molecule has 0 aliphatic rings.